The van der Waals surface area contributed by atoms with Crippen molar-refractivity contribution in [3.05, 3.63) is 0 Å². The molecule has 0 aromatic rings. The van der Waals surface area contributed by atoms with Crippen LogP contribution in [0.15, 0.2) is 4.99 Å². The van der Waals surface area contributed by atoms with Crippen molar-refractivity contribution in [3.8, 4) is 0 Å². The molecule has 0 aromatic heterocycles. The number of hydrogen-bond donors (Lipinski definition) is 2. The molecule has 0 aliphatic heterocycles. The molecule has 0 fully saturated rings. The van der Waals surface area contributed by atoms with E-state index in [1.807, 2.05) is 13.8 Å². The van der Waals surface area contributed by atoms with E-state index >= 15 is 0 Å². The largest absolute Gasteiger partial charge is 0.351 e. The summed E-state index contributed by atoms with van der Waals surface area (Å²) >= 11 is 0. The van der Waals surface area contributed by atoms with E-state index < -0.39 is 12.1 Å². The highest BCUT2D eigenvalue weighted by Gasteiger charge is 1.98. The van der Waals surface area contributed by atoms with E-state index in [-0.39, 0.29) is 5.92 Å². The molecule has 0 heterocycles. The van der Waals surface area contributed by atoms with Crippen LogP contribution in [-0.4, -0.2) is 18.3 Å². The monoisotopic (exact) mass is 157 g/mol. The highest BCUT2D eigenvalue weighted by molar-refractivity contribution is 5.96. The number of nitrogens with two attached hydrogens (primary N) is 1. The minimum atomic E-state index is -0.893. The summed E-state index contributed by atoms with van der Waals surface area (Å²) in [5.41, 5.74) is 4.65. The molecule has 0 aliphatic carbocycles. The summed E-state index contributed by atoms with van der Waals surface area (Å²) in [7, 11) is 0. The van der Waals surface area contributed by atoms with Crippen molar-refractivity contribution in [1.82, 2.24) is 5.32 Å². The van der Waals surface area contributed by atoms with Gasteiger partial charge in [-0.2, -0.15) is 0 Å². The third-order valence-electron chi connectivity index (χ3n) is 0.720. The molecule has 11 heavy (non-hydrogen) atoms. The van der Waals surface area contributed by atoms with Crippen LogP contribution >= 0.6 is 0 Å². The zero-order chi connectivity index (χ0) is 8.85. The molecular formula is C6H11N3O2. The van der Waals surface area contributed by atoms with Gasteiger partial charge in [-0.25, -0.2) is 14.6 Å². The molecular weight excluding hydrogens is 146 g/mol. The number of hydrogen-bond acceptors (Lipinski definition) is 2. The van der Waals surface area contributed by atoms with Crippen LogP contribution in [-0.2, 0) is 0 Å². The lowest BCUT2D eigenvalue weighted by molar-refractivity contribution is 0.237. The molecule has 0 atom stereocenters. The van der Waals surface area contributed by atoms with Crippen LogP contribution in [0, 0.1) is 5.92 Å². The quantitative estimate of drug-likeness (QED) is 0.543. The normalized spacial score (nSPS) is 10.5. The zero-order valence-electron chi connectivity index (χ0n) is 6.50. The second-order valence-electron chi connectivity index (χ2n) is 2.32. The Hall–Kier alpha value is -1.39. The van der Waals surface area contributed by atoms with Gasteiger partial charge in [0.05, 0.1) is 0 Å². The summed E-state index contributed by atoms with van der Waals surface area (Å²) in [6, 6.07) is -1.62. The number of carbonyl (C=O) groups is 2. The summed E-state index contributed by atoms with van der Waals surface area (Å²) in [5, 5.41) is 1.80. The Balaban J connectivity index is 3.78. The lowest BCUT2D eigenvalue weighted by atomic mass is 10.3. The van der Waals surface area contributed by atoms with E-state index in [0.29, 0.717) is 0 Å². The van der Waals surface area contributed by atoms with E-state index in [1.54, 1.807) is 5.32 Å². The minimum absolute atomic E-state index is 0.175. The minimum Gasteiger partial charge on any atom is -0.351 e. The zero-order valence-corrected chi connectivity index (χ0v) is 6.50. The van der Waals surface area contributed by atoms with Gasteiger partial charge in [0.25, 0.3) is 0 Å². The molecule has 0 aromatic carbocycles. The topological polar surface area (TPSA) is 84.6 Å². The van der Waals surface area contributed by atoms with Crippen molar-refractivity contribution >= 4 is 18.3 Å². The van der Waals surface area contributed by atoms with Crippen LogP contribution in [0.5, 0.6) is 0 Å². The molecule has 0 radical (unpaired) electrons. The Labute approximate surface area is 64.7 Å². The first-order chi connectivity index (χ1) is 5.02. The van der Waals surface area contributed by atoms with Crippen LogP contribution in [0.2, 0.25) is 0 Å². The summed E-state index contributed by atoms with van der Waals surface area (Å²) in [4.78, 5) is 24.0. The van der Waals surface area contributed by atoms with Crippen molar-refractivity contribution in [2.24, 2.45) is 16.6 Å². The van der Waals surface area contributed by atoms with Crippen molar-refractivity contribution in [2.75, 3.05) is 0 Å². The molecule has 4 amide bonds. The summed E-state index contributed by atoms with van der Waals surface area (Å²) in [6.45, 7) is 3.72. The van der Waals surface area contributed by atoms with E-state index in [9.17, 15) is 9.59 Å². The average molecular weight is 157 g/mol. The van der Waals surface area contributed by atoms with Crippen molar-refractivity contribution < 1.29 is 9.59 Å². The predicted octanol–water partition coefficient (Wildman–Crippen LogP) is 0.502. The van der Waals surface area contributed by atoms with Gasteiger partial charge >= 0.3 is 12.1 Å². The average Bonchev–Trinajstić information content (AvgIpc) is 1.82. The number of nitrogens with one attached hydrogen (secondary N) is 1. The fourth-order valence-electron chi connectivity index (χ4n) is 0.354. The standard InChI is InChI=1S/C6H11N3O2/c1-4(2)3-8-6(11)9-5(7)10/h3-4H,1-2H3,(H3,7,9,10,11). The van der Waals surface area contributed by atoms with Gasteiger partial charge < -0.3 is 5.73 Å². The Kier molecular flexibility index (Phi) is 3.87. The van der Waals surface area contributed by atoms with Gasteiger partial charge in [0.1, 0.15) is 0 Å². The molecule has 0 bridgehead atoms. The molecule has 5 nitrogen and oxygen atoms in total. The molecule has 0 unspecified atom stereocenters. The Morgan fingerprint density at radius 1 is 1.55 bits per heavy atom. The molecule has 0 aliphatic rings. The maximum atomic E-state index is 10.5. The van der Waals surface area contributed by atoms with E-state index in [4.69, 9.17) is 0 Å². The van der Waals surface area contributed by atoms with Crippen LogP contribution < -0.4 is 11.1 Å². The lowest BCUT2D eigenvalue weighted by Gasteiger charge is -1.94. The Bertz CT molecular complexity index is 186. The Morgan fingerprint density at radius 2 is 2.09 bits per heavy atom. The Morgan fingerprint density at radius 3 is 2.45 bits per heavy atom. The molecule has 0 spiro atoms. The van der Waals surface area contributed by atoms with Gasteiger partial charge in [0.15, 0.2) is 0 Å². The van der Waals surface area contributed by atoms with Crippen LogP contribution in [0.4, 0.5) is 9.59 Å². The number of urea groups is 2. The summed E-state index contributed by atoms with van der Waals surface area (Å²) < 4.78 is 0. The number of imide groups is 1. The van der Waals surface area contributed by atoms with Crippen LogP contribution in [0.25, 0.3) is 0 Å². The fourth-order valence-corrected chi connectivity index (χ4v) is 0.354. The van der Waals surface area contributed by atoms with E-state index in [0.717, 1.165) is 0 Å². The molecule has 62 valence electrons. The number of amides is 4. The van der Waals surface area contributed by atoms with E-state index in [1.165, 1.54) is 6.21 Å². The molecule has 0 rings (SSSR count). The molecule has 5 heteroatoms. The highest BCUT2D eigenvalue weighted by Crippen LogP contribution is 1.84. The smallest absolute Gasteiger partial charge is 0.348 e. The van der Waals surface area contributed by atoms with Gasteiger partial charge in [0.2, 0.25) is 0 Å². The van der Waals surface area contributed by atoms with Gasteiger partial charge in [-0.15, -0.1) is 0 Å². The van der Waals surface area contributed by atoms with Gasteiger partial charge in [-0.1, -0.05) is 13.8 Å². The van der Waals surface area contributed by atoms with Crippen LogP contribution in [0.3, 0.4) is 0 Å². The molecule has 3 N–H and O–H groups in total. The first-order valence-electron chi connectivity index (χ1n) is 3.17. The molecule has 0 saturated carbocycles. The van der Waals surface area contributed by atoms with Gasteiger partial charge in [0, 0.05) is 6.21 Å². The third-order valence-corrected chi connectivity index (χ3v) is 0.720. The van der Waals surface area contributed by atoms with Crippen molar-refractivity contribution in [2.45, 2.75) is 13.8 Å². The lowest BCUT2D eigenvalue weighted by Crippen LogP contribution is -2.33. The van der Waals surface area contributed by atoms with E-state index in [2.05, 4.69) is 10.7 Å². The maximum absolute atomic E-state index is 10.5. The predicted molar refractivity (Wildman–Crippen MR) is 41.4 cm³/mol. The summed E-state index contributed by atoms with van der Waals surface area (Å²) in [6.07, 6.45) is 1.43. The molecule has 0 saturated heterocycles. The maximum Gasteiger partial charge on any atom is 0.348 e. The number of rotatable bonds is 1. The fraction of sp³-hybridized carbons (Fsp3) is 0.500. The number of carbonyl (C=O) groups excluding carboxylic acids is 2. The SMILES string of the molecule is CC(C)C=NC(=O)NC(N)=O. The van der Waals surface area contributed by atoms with Gasteiger partial charge in [-0.3, -0.25) is 5.32 Å². The third kappa shape index (κ3) is 6.50. The van der Waals surface area contributed by atoms with Crippen molar-refractivity contribution in [3.63, 3.8) is 0 Å². The second kappa shape index (κ2) is 4.43. The number of nitrogens with zero attached hydrogens (tertiary/aromatic N) is 1. The van der Waals surface area contributed by atoms with Crippen LogP contribution in [0.1, 0.15) is 13.8 Å². The highest BCUT2D eigenvalue weighted by atomic mass is 16.2. The number of aliphatic imine (C=N–C) groups is 1. The summed E-state index contributed by atoms with van der Waals surface area (Å²) in [5.74, 6) is 0.175. The number of primary amides is 1. The van der Waals surface area contributed by atoms with Crippen molar-refractivity contribution in [1.29, 1.82) is 0 Å². The first kappa shape index (κ1) is 9.61. The van der Waals surface area contributed by atoms with Gasteiger partial charge in [-0.05, 0) is 5.92 Å². The second-order valence-corrected chi connectivity index (χ2v) is 2.32. The first-order valence-corrected chi connectivity index (χ1v) is 3.17.